The molecule has 1 aromatic rings. The molecule has 15 heavy (non-hydrogen) atoms. The molecule has 0 spiro atoms. The van der Waals surface area contributed by atoms with Crippen molar-refractivity contribution in [1.82, 2.24) is 15.5 Å². The molecule has 1 aromatic heterocycles. The van der Waals surface area contributed by atoms with Crippen LogP contribution >= 0.6 is 24.2 Å². The average molecular weight is 250 g/mol. The normalized spacial score (nSPS) is 20.6. The highest BCUT2D eigenvalue weighted by Gasteiger charge is 2.22. The van der Waals surface area contributed by atoms with E-state index in [9.17, 15) is 0 Å². The minimum absolute atomic E-state index is 0. The van der Waals surface area contributed by atoms with E-state index in [2.05, 4.69) is 29.4 Å². The van der Waals surface area contributed by atoms with Crippen LogP contribution in [0.15, 0.2) is 9.64 Å². The Bertz CT molecular complexity index is 299. The van der Waals surface area contributed by atoms with Crippen molar-refractivity contribution in [3.05, 3.63) is 5.89 Å². The van der Waals surface area contributed by atoms with E-state index in [1.165, 1.54) is 6.42 Å². The third-order valence-corrected chi connectivity index (χ3v) is 2.96. The van der Waals surface area contributed by atoms with Crippen molar-refractivity contribution in [1.29, 1.82) is 0 Å². The van der Waals surface area contributed by atoms with E-state index >= 15 is 0 Å². The predicted octanol–water partition coefficient (Wildman–Crippen LogP) is 2.42. The first kappa shape index (κ1) is 12.8. The zero-order valence-electron chi connectivity index (χ0n) is 8.90. The lowest BCUT2D eigenvalue weighted by Crippen LogP contribution is -2.12. The van der Waals surface area contributed by atoms with Gasteiger partial charge in [-0.3, -0.25) is 0 Å². The highest BCUT2D eigenvalue weighted by Crippen LogP contribution is 2.26. The maximum atomic E-state index is 5.56. The molecule has 0 bridgehead atoms. The zero-order chi connectivity index (χ0) is 9.97. The third-order valence-electron chi connectivity index (χ3n) is 2.12. The fourth-order valence-electron chi connectivity index (χ4n) is 1.51. The van der Waals surface area contributed by atoms with Gasteiger partial charge in [-0.1, -0.05) is 25.6 Å². The number of hydrogen-bond acceptors (Lipinski definition) is 5. The van der Waals surface area contributed by atoms with Gasteiger partial charge < -0.3 is 9.73 Å². The first-order valence-corrected chi connectivity index (χ1v) is 5.87. The summed E-state index contributed by atoms with van der Waals surface area (Å²) >= 11 is 1.61. The van der Waals surface area contributed by atoms with Crippen molar-refractivity contribution in [2.75, 3.05) is 6.54 Å². The SMILES string of the molecule is CC(C)Sc1nnc(C2CCCN2)o1.Cl. The molecule has 1 aliphatic heterocycles. The van der Waals surface area contributed by atoms with Gasteiger partial charge in [-0.25, -0.2) is 0 Å². The quantitative estimate of drug-likeness (QED) is 0.834. The summed E-state index contributed by atoms with van der Waals surface area (Å²) in [6.07, 6.45) is 2.30. The minimum Gasteiger partial charge on any atom is -0.414 e. The molecule has 2 heterocycles. The fraction of sp³-hybridized carbons (Fsp3) is 0.778. The molecule has 0 amide bonds. The minimum atomic E-state index is 0. The van der Waals surface area contributed by atoms with E-state index in [0.29, 0.717) is 10.5 Å². The third kappa shape index (κ3) is 3.36. The number of thioether (sulfide) groups is 1. The van der Waals surface area contributed by atoms with Gasteiger partial charge in [0.15, 0.2) is 0 Å². The van der Waals surface area contributed by atoms with Crippen molar-refractivity contribution < 1.29 is 4.42 Å². The lowest BCUT2D eigenvalue weighted by molar-refractivity contribution is 0.373. The van der Waals surface area contributed by atoms with Gasteiger partial charge in [0.05, 0.1) is 6.04 Å². The summed E-state index contributed by atoms with van der Waals surface area (Å²) in [5, 5.41) is 12.6. The van der Waals surface area contributed by atoms with E-state index in [1.807, 2.05) is 0 Å². The Kier molecular flexibility index (Phi) is 4.89. The summed E-state index contributed by atoms with van der Waals surface area (Å²) in [7, 11) is 0. The van der Waals surface area contributed by atoms with E-state index < -0.39 is 0 Å². The Morgan fingerprint density at radius 2 is 2.27 bits per heavy atom. The topological polar surface area (TPSA) is 51.0 Å². The molecule has 1 saturated heterocycles. The first-order chi connectivity index (χ1) is 6.75. The molecule has 2 rings (SSSR count). The lowest BCUT2D eigenvalue weighted by Gasteiger charge is -2.02. The highest BCUT2D eigenvalue weighted by atomic mass is 35.5. The van der Waals surface area contributed by atoms with Gasteiger partial charge in [0.1, 0.15) is 0 Å². The summed E-state index contributed by atoms with van der Waals surface area (Å²) in [6.45, 7) is 5.28. The molecule has 6 heteroatoms. The van der Waals surface area contributed by atoms with Crippen LogP contribution < -0.4 is 5.32 Å². The molecule has 4 nitrogen and oxygen atoms in total. The molecule has 1 unspecified atom stereocenters. The second-order valence-electron chi connectivity index (χ2n) is 3.72. The van der Waals surface area contributed by atoms with Crippen molar-refractivity contribution in [2.45, 2.75) is 43.2 Å². The highest BCUT2D eigenvalue weighted by molar-refractivity contribution is 7.99. The summed E-state index contributed by atoms with van der Waals surface area (Å²) in [6, 6.07) is 0.281. The molecule has 0 saturated carbocycles. The van der Waals surface area contributed by atoms with Crippen LogP contribution in [0.4, 0.5) is 0 Å². The summed E-state index contributed by atoms with van der Waals surface area (Å²) in [5.74, 6) is 0.741. The number of hydrogen-bond donors (Lipinski definition) is 1. The van der Waals surface area contributed by atoms with E-state index in [-0.39, 0.29) is 18.4 Å². The van der Waals surface area contributed by atoms with Gasteiger partial charge in [-0.05, 0) is 19.4 Å². The van der Waals surface area contributed by atoms with Gasteiger partial charge in [0.2, 0.25) is 5.89 Å². The summed E-state index contributed by atoms with van der Waals surface area (Å²) < 4.78 is 5.56. The Morgan fingerprint density at radius 1 is 1.47 bits per heavy atom. The molecular weight excluding hydrogens is 234 g/mol. The average Bonchev–Trinajstić information content (AvgIpc) is 2.69. The predicted molar refractivity (Wildman–Crippen MR) is 62.5 cm³/mol. The zero-order valence-corrected chi connectivity index (χ0v) is 10.5. The number of nitrogens with one attached hydrogen (secondary N) is 1. The molecule has 0 aromatic carbocycles. The van der Waals surface area contributed by atoms with Gasteiger partial charge in [-0.15, -0.1) is 22.6 Å². The van der Waals surface area contributed by atoms with Gasteiger partial charge in [-0.2, -0.15) is 0 Å². The van der Waals surface area contributed by atoms with E-state index in [0.717, 1.165) is 18.9 Å². The van der Waals surface area contributed by atoms with Crippen molar-refractivity contribution in [3.8, 4) is 0 Å². The van der Waals surface area contributed by atoms with Crippen LogP contribution in [0.1, 0.15) is 38.6 Å². The van der Waals surface area contributed by atoms with Crippen LogP contribution in [0.3, 0.4) is 0 Å². The maximum absolute atomic E-state index is 5.56. The second-order valence-corrected chi connectivity index (χ2v) is 5.25. The molecule has 0 aliphatic carbocycles. The van der Waals surface area contributed by atoms with Crippen LogP contribution in [0.25, 0.3) is 0 Å². The number of aromatic nitrogens is 2. The molecule has 86 valence electrons. The van der Waals surface area contributed by atoms with E-state index in [1.54, 1.807) is 11.8 Å². The van der Waals surface area contributed by atoms with Crippen LogP contribution in [0.5, 0.6) is 0 Å². The number of halogens is 1. The summed E-state index contributed by atoms with van der Waals surface area (Å²) in [4.78, 5) is 0. The van der Waals surface area contributed by atoms with Crippen LogP contribution in [0, 0.1) is 0 Å². The van der Waals surface area contributed by atoms with Crippen LogP contribution in [-0.4, -0.2) is 22.0 Å². The van der Waals surface area contributed by atoms with Crippen LogP contribution in [-0.2, 0) is 0 Å². The van der Waals surface area contributed by atoms with Crippen molar-refractivity contribution >= 4 is 24.2 Å². The Morgan fingerprint density at radius 3 is 2.87 bits per heavy atom. The van der Waals surface area contributed by atoms with Gasteiger partial charge >= 0.3 is 0 Å². The van der Waals surface area contributed by atoms with E-state index in [4.69, 9.17) is 4.42 Å². The Labute approximate surface area is 100 Å². The standard InChI is InChI=1S/C9H15N3OS.ClH/c1-6(2)14-9-12-11-8(13-9)7-4-3-5-10-7;/h6-7,10H,3-5H2,1-2H3;1H. The first-order valence-electron chi connectivity index (χ1n) is 4.99. The molecule has 1 fully saturated rings. The molecule has 0 radical (unpaired) electrons. The fourth-order valence-corrected chi connectivity index (χ4v) is 2.13. The monoisotopic (exact) mass is 249 g/mol. The lowest BCUT2D eigenvalue weighted by atomic mass is 10.2. The second kappa shape index (κ2) is 5.72. The summed E-state index contributed by atoms with van der Waals surface area (Å²) in [5.41, 5.74) is 0. The Balaban J connectivity index is 0.00000112. The molecule has 1 aliphatic rings. The number of nitrogens with zero attached hydrogens (tertiary/aromatic N) is 2. The van der Waals surface area contributed by atoms with Gasteiger partial charge in [0, 0.05) is 5.25 Å². The largest absolute Gasteiger partial charge is 0.414 e. The van der Waals surface area contributed by atoms with Crippen molar-refractivity contribution in [2.24, 2.45) is 0 Å². The smallest absolute Gasteiger partial charge is 0.276 e. The molecule has 1 atom stereocenters. The molecular formula is C9H16ClN3OS. The number of rotatable bonds is 3. The van der Waals surface area contributed by atoms with Crippen molar-refractivity contribution in [3.63, 3.8) is 0 Å². The van der Waals surface area contributed by atoms with Crippen LogP contribution in [0.2, 0.25) is 0 Å². The molecule has 1 N–H and O–H groups in total. The van der Waals surface area contributed by atoms with Gasteiger partial charge in [0.25, 0.3) is 5.22 Å². The maximum Gasteiger partial charge on any atom is 0.276 e. The Hall–Kier alpha value is -0.260.